The molecule has 0 saturated carbocycles. The third-order valence-corrected chi connectivity index (χ3v) is 5.87. The van der Waals surface area contributed by atoms with Gasteiger partial charge in [-0.15, -0.1) is 0 Å². The number of methoxy groups -OCH3 is 1. The number of furan rings is 1. The summed E-state index contributed by atoms with van der Waals surface area (Å²) in [5.41, 5.74) is 1.15. The molecule has 7 nitrogen and oxygen atoms in total. The Morgan fingerprint density at radius 2 is 2.14 bits per heavy atom. The van der Waals surface area contributed by atoms with Crippen LogP contribution in [0.3, 0.4) is 0 Å². The highest BCUT2D eigenvalue weighted by Crippen LogP contribution is 2.26. The van der Waals surface area contributed by atoms with Crippen molar-refractivity contribution in [3.8, 4) is 5.75 Å². The number of hydrogen-bond donors (Lipinski definition) is 1. The van der Waals surface area contributed by atoms with Crippen LogP contribution in [0.4, 0.5) is 0 Å². The summed E-state index contributed by atoms with van der Waals surface area (Å²) < 4.78 is 10.7. The van der Waals surface area contributed by atoms with Crippen LogP contribution in [0.2, 0.25) is 0 Å². The predicted molar refractivity (Wildman–Crippen MR) is 105 cm³/mol. The number of likely N-dealkylation sites (tertiary alicyclic amines) is 2. The molecule has 1 aromatic carbocycles. The third kappa shape index (κ3) is 3.71. The number of nitrogens with one attached hydrogen (secondary N) is 1. The second kappa shape index (κ2) is 7.83. The molecule has 0 spiro atoms. The van der Waals surface area contributed by atoms with E-state index in [0.717, 1.165) is 37.7 Å². The van der Waals surface area contributed by atoms with Gasteiger partial charge in [0.15, 0.2) is 0 Å². The number of benzene rings is 1. The number of hydrogen-bond acceptors (Lipinski definition) is 5. The topological polar surface area (TPSA) is 75.0 Å². The Morgan fingerprint density at radius 3 is 2.89 bits per heavy atom. The number of rotatable bonds is 5. The smallest absolute Gasteiger partial charge is 0.255 e. The number of ether oxygens (including phenoxy) is 1. The molecule has 2 aliphatic heterocycles. The van der Waals surface area contributed by atoms with Crippen molar-refractivity contribution in [2.45, 2.75) is 38.3 Å². The first-order chi connectivity index (χ1) is 13.5. The van der Waals surface area contributed by atoms with Gasteiger partial charge in [-0.3, -0.25) is 14.5 Å². The Kier molecular flexibility index (Phi) is 5.26. The highest BCUT2D eigenvalue weighted by Gasteiger charge is 2.30. The van der Waals surface area contributed by atoms with Crippen LogP contribution in [0, 0.1) is 0 Å². The van der Waals surface area contributed by atoms with Gasteiger partial charge in [-0.1, -0.05) is 0 Å². The van der Waals surface area contributed by atoms with E-state index in [9.17, 15) is 9.59 Å². The second-order valence-electron chi connectivity index (χ2n) is 7.78. The Balaban J connectivity index is 1.34. The van der Waals surface area contributed by atoms with E-state index in [4.69, 9.17) is 9.15 Å². The van der Waals surface area contributed by atoms with Crippen molar-refractivity contribution in [1.29, 1.82) is 0 Å². The number of carbonyl (C=O) groups excluding carboxylic acids is 2. The lowest BCUT2D eigenvalue weighted by Crippen LogP contribution is -2.42. The van der Waals surface area contributed by atoms with Gasteiger partial charge in [0.05, 0.1) is 19.2 Å². The first kappa shape index (κ1) is 18.8. The maximum Gasteiger partial charge on any atom is 0.255 e. The molecule has 0 radical (unpaired) electrons. The highest BCUT2D eigenvalue weighted by atomic mass is 16.5. The summed E-state index contributed by atoms with van der Waals surface area (Å²) >= 11 is 0. The minimum absolute atomic E-state index is 0.0412. The number of carbonyl (C=O) groups is 2. The molecule has 1 aromatic heterocycles. The van der Waals surface area contributed by atoms with Crippen molar-refractivity contribution in [1.82, 2.24) is 15.1 Å². The van der Waals surface area contributed by atoms with Crippen LogP contribution in [-0.2, 0) is 4.79 Å². The summed E-state index contributed by atoms with van der Waals surface area (Å²) in [6, 6.07) is 5.81. The van der Waals surface area contributed by atoms with Gasteiger partial charge in [0.1, 0.15) is 17.6 Å². The maximum atomic E-state index is 12.7. The van der Waals surface area contributed by atoms with Crippen LogP contribution >= 0.6 is 0 Å². The van der Waals surface area contributed by atoms with E-state index in [1.165, 1.54) is 6.26 Å². The monoisotopic (exact) mass is 385 g/mol. The van der Waals surface area contributed by atoms with Crippen LogP contribution in [0.25, 0.3) is 11.0 Å². The van der Waals surface area contributed by atoms with Crippen LogP contribution in [0.1, 0.15) is 36.5 Å². The number of nitrogens with zero attached hydrogens (tertiary/aromatic N) is 2. The van der Waals surface area contributed by atoms with E-state index < -0.39 is 0 Å². The van der Waals surface area contributed by atoms with Gasteiger partial charge in [-0.05, 0) is 38.3 Å². The molecule has 0 unspecified atom stereocenters. The maximum absolute atomic E-state index is 12.7. The van der Waals surface area contributed by atoms with E-state index in [-0.39, 0.29) is 17.9 Å². The predicted octanol–water partition coefficient (Wildman–Crippen LogP) is 2.26. The van der Waals surface area contributed by atoms with Gasteiger partial charge in [0.2, 0.25) is 5.91 Å². The zero-order chi connectivity index (χ0) is 19.7. The molecule has 3 heterocycles. The normalized spacial score (nSPS) is 22.7. The Labute approximate surface area is 164 Å². The van der Waals surface area contributed by atoms with Gasteiger partial charge >= 0.3 is 0 Å². The summed E-state index contributed by atoms with van der Waals surface area (Å²) in [6.07, 6.45) is 4.52. The van der Waals surface area contributed by atoms with E-state index in [0.29, 0.717) is 36.0 Å². The van der Waals surface area contributed by atoms with E-state index in [1.807, 2.05) is 17.0 Å². The second-order valence-corrected chi connectivity index (χ2v) is 7.78. The first-order valence-electron chi connectivity index (χ1n) is 9.93. The van der Waals surface area contributed by atoms with Crippen LogP contribution < -0.4 is 10.1 Å². The fraction of sp³-hybridized carbons (Fsp3) is 0.524. The van der Waals surface area contributed by atoms with Crippen molar-refractivity contribution in [2.24, 2.45) is 0 Å². The van der Waals surface area contributed by atoms with Gasteiger partial charge in [-0.25, -0.2) is 0 Å². The molecule has 2 aliphatic rings. The molecule has 150 valence electrons. The lowest BCUT2D eigenvalue weighted by atomic mass is 10.1. The number of amides is 2. The molecule has 0 aliphatic carbocycles. The number of fused-ring (bicyclic) bond motifs is 1. The lowest BCUT2D eigenvalue weighted by molar-refractivity contribution is -0.132. The molecule has 28 heavy (non-hydrogen) atoms. The zero-order valence-electron chi connectivity index (χ0n) is 16.4. The standard InChI is InChI=1S/C21H27N3O4/c1-14-4-3-8-24(14)20(25)12-23-9-7-15(11-23)22-21(26)18-13-28-19-10-16(27-2)5-6-17(18)19/h5-6,10,13-15H,3-4,7-9,11-12H2,1-2H3,(H,22,26)/t14-,15+/m1/s1. The average Bonchev–Trinajstić information content (AvgIpc) is 3.40. The summed E-state index contributed by atoms with van der Waals surface area (Å²) in [6.45, 7) is 4.94. The Hall–Kier alpha value is -2.54. The summed E-state index contributed by atoms with van der Waals surface area (Å²) in [7, 11) is 1.60. The molecule has 2 aromatic rings. The van der Waals surface area contributed by atoms with E-state index >= 15 is 0 Å². The first-order valence-corrected chi connectivity index (χ1v) is 9.93. The third-order valence-electron chi connectivity index (χ3n) is 5.87. The van der Waals surface area contributed by atoms with Gasteiger partial charge in [0, 0.05) is 43.2 Å². The average molecular weight is 385 g/mol. The molecule has 2 amide bonds. The SMILES string of the molecule is COc1ccc2c(C(=O)N[C@H]3CCN(CC(=O)N4CCC[C@H]4C)C3)coc2c1. The van der Waals surface area contributed by atoms with Crippen LogP contribution in [0.5, 0.6) is 5.75 Å². The summed E-state index contributed by atoms with van der Waals surface area (Å²) in [4.78, 5) is 29.3. The summed E-state index contributed by atoms with van der Waals surface area (Å²) in [5.74, 6) is 0.749. The Bertz CT molecular complexity index is 878. The molecular formula is C21H27N3O4. The van der Waals surface area contributed by atoms with Crippen LogP contribution in [0.15, 0.2) is 28.9 Å². The molecule has 1 N–H and O–H groups in total. The highest BCUT2D eigenvalue weighted by molar-refractivity contribution is 6.06. The van der Waals surface area contributed by atoms with Gasteiger partial charge in [0.25, 0.3) is 5.91 Å². The fourth-order valence-electron chi connectivity index (χ4n) is 4.25. The van der Waals surface area contributed by atoms with E-state index in [1.54, 1.807) is 13.2 Å². The largest absolute Gasteiger partial charge is 0.497 e. The van der Waals surface area contributed by atoms with E-state index in [2.05, 4.69) is 17.1 Å². The Morgan fingerprint density at radius 1 is 1.29 bits per heavy atom. The molecule has 0 bridgehead atoms. The summed E-state index contributed by atoms with van der Waals surface area (Å²) in [5, 5.41) is 3.86. The zero-order valence-corrected chi connectivity index (χ0v) is 16.4. The molecule has 7 heteroatoms. The van der Waals surface area contributed by atoms with Crippen molar-refractivity contribution >= 4 is 22.8 Å². The molecule has 2 fully saturated rings. The molecular weight excluding hydrogens is 358 g/mol. The van der Waals surface area contributed by atoms with Gasteiger partial charge in [-0.2, -0.15) is 0 Å². The minimum atomic E-state index is -0.143. The van der Waals surface area contributed by atoms with Crippen molar-refractivity contribution in [2.75, 3.05) is 33.3 Å². The van der Waals surface area contributed by atoms with Gasteiger partial charge < -0.3 is 19.4 Å². The van der Waals surface area contributed by atoms with Crippen molar-refractivity contribution in [3.05, 3.63) is 30.0 Å². The lowest BCUT2D eigenvalue weighted by Gasteiger charge is -2.24. The molecule has 2 atom stereocenters. The van der Waals surface area contributed by atoms with Crippen LogP contribution in [-0.4, -0.2) is 67.0 Å². The van der Waals surface area contributed by atoms with Crippen molar-refractivity contribution < 1.29 is 18.7 Å². The minimum Gasteiger partial charge on any atom is -0.497 e. The molecule has 2 saturated heterocycles. The fourth-order valence-corrected chi connectivity index (χ4v) is 4.25. The van der Waals surface area contributed by atoms with Crippen molar-refractivity contribution in [3.63, 3.8) is 0 Å². The molecule has 4 rings (SSSR count). The quantitative estimate of drug-likeness (QED) is 0.855.